The fraction of sp³-hybridized carbons (Fsp3) is 0.688. The standard InChI is InChI=1S/C16H22O3/c1-19-14(9-16(17)18)2-3-15-12-5-10-4-11(7-12)8-13(15)6-10/h2-3,9-13,15H,4-8H2,1H3,(H,17,18)/b3-2+,14-9+. The van der Waals surface area contributed by atoms with Crippen LogP contribution in [0, 0.1) is 29.6 Å². The van der Waals surface area contributed by atoms with E-state index in [1.54, 1.807) is 0 Å². The second-order valence-electron chi connectivity index (χ2n) is 6.46. The van der Waals surface area contributed by atoms with Crippen LogP contribution < -0.4 is 0 Å². The van der Waals surface area contributed by atoms with E-state index < -0.39 is 5.97 Å². The lowest BCUT2D eigenvalue weighted by molar-refractivity contribution is -0.131. The maximum absolute atomic E-state index is 10.7. The molecule has 0 unspecified atom stereocenters. The molecule has 3 nitrogen and oxygen atoms in total. The van der Waals surface area contributed by atoms with E-state index in [0.717, 1.165) is 29.7 Å². The molecular formula is C16H22O3. The average Bonchev–Trinajstić information content (AvgIpc) is 2.35. The van der Waals surface area contributed by atoms with Gasteiger partial charge in [0.2, 0.25) is 0 Å². The van der Waals surface area contributed by atoms with E-state index in [4.69, 9.17) is 9.84 Å². The Hall–Kier alpha value is -1.25. The van der Waals surface area contributed by atoms with Gasteiger partial charge in [-0.3, -0.25) is 0 Å². The van der Waals surface area contributed by atoms with Gasteiger partial charge < -0.3 is 9.84 Å². The number of allylic oxidation sites excluding steroid dienone is 2. The normalized spacial score (nSPS) is 40.9. The second-order valence-corrected chi connectivity index (χ2v) is 6.46. The molecule has 0 aliphatic heterocycles. The van der Waals surface area contributed by atoms with Crippen LogP contribution in [0.2, 0.25) is 0 Å². The molecule has 4 bridgehead atoms. The first-order valence-corrected chi connectivity index (χ1v) is 7.32. The Morgan fingerprint density at radius 1 is 1.11 bits per heavy atom. The zero-order valence-corrected chi connectivity index (χ0v) is 11.4. The van der Waals surface area contributed by atoms with E-state index in [1.807, 2.05) is 6.08 Å². The first-order chi connectivity index (χ1) is 9.15. The SMILES string of the molecule is COC(/C=C/C1C2CC3CC(C2)CC1C3)=C/C(=O)O. The lowest BCUT2D eigenvalue weighted by Gasteiger charge is -2.53. The van der Waals surface area contributed by atoms with E-state index >= 15 is 0 Å². The van der Waals surface area contributed by atoms with Crippen molar-refractivity contribution in [1.29, 1.82) is 0 Å². The van der Waals surface area contributed by atoms with Gasteiger partial charge in [0.1, 0.15) is 5.76 Å². The molecule has 0 spiro atoms. The van der Waals surface area contributed by atoms with E-state index in [1.165, 1.54) is 39.2 Å². The quantitative estimate of drug-likeness (QED) is 0.480. The monoisotopic (exact) mass is 262 g/mol. The van der Waals surface area contributed by atoms with Gasteiger partial charge in [-0.1, -0.05) is 6.08 Å². The van der Waals surface area contributed by atoms with Gasteiger partial charge in [0.05, 0.1) is 13.2 Å². The van der Waals surface area contributed by atoms with Gasteiger partial charge in [0.15, 0.2) is 0 Å². The van der Waals surface area contributed by atoms with Crippen molar-refractivity contribution in [3.05, 3.63) is 24.0 Å². The van der Waals surface area contributed by atoms with Crippen LogP contribution in [-0.4, -0.2) is 18.2 Å². The minimum atomic E-state index is -0.952. The highest BCUT2D eigenvalue weighted by Gasteiger charge is 2.47. The molecule has 0 heterocycles. The minimum Gasteiger partial charge on any atom is -0.497 e. The number of hydrogen-bond acceptors (Lipinski definition) is 2. The van der Waals surface area contributed by atoms with Gasteiger partial charge in [-0.05, 0) is 67.8 Å². The number of carboxylic acids is 1. The number of aliphatic carboxylic acids is 1. The molecule has 4 aliphatic carbocycles. The zero-order valence-electron chi connectivity index (χ0n) is 11.4. The van der Waals surface area contributed by atoms with Crippen LogP contribution in [0.5, 0.6) is 0 Å². The summed E-state index contributed by atoms with van der Waals surface area (Å²) in [5.74, 6) is 3.74. The van der Waals surface area contributed by atoms with E-state index in [9.17, 15) is 4.79 Å². The van der Waals surface area contributed by atoms with Crippen molar-refractivity contribution in [3.63, 3.8) is 0 Å². The summed E-state index contributed by atoms with van der Waals surface area (Å²) in [5, 5.41) is 8.76. The van der Waals surface area contributed by atoms with Crippen LogP contribution in [0.1, 0.15) is 32.1 Å². The Bertz CT molecular complexity index is 394. The molecule has 0 aromatic carbocycles. The molecule has 0 amide bonds. The predicted molar refractivity (Wildman–Crippen MR) is 72.4 cm³/mol. The summed E-state index contributed by atoms with van der Waals surface area (Å²) in [4.78, 5) is 10.7. The maximum atomic E-state index is 10.7. The summed E-state index contributed by atoms with van der Waals surface area (Å²) in [7, 11) is 1.52. The first-order valence-electron chi connectivity index (χ1n) is 7.32. The Morgan fingerprint density at radius 3 is 2.16 bits per heavy atom. The topological polar surface area (TPSA) is 46.5 Å². The lowest BCUT2D eigenvalue weighted by atomic mass is 9.52. The molecule has 0 aromatic heterocycles. The second kappa shape index (κ2) is 5.03. The molecule has 0 aromatic rings. The Morgan fingerprint density at radius 2 is 1.68 bits per heavy atom. The van der Waals surface area contributed by atoms with Gasteiger partial charge in [-0.15, -0.1) is 0 Å². The van der Waals surface area contributed by atoms with Crippen LogP contribution in [-0.2, 0) is 9.53 Å². The predicted octanol–water partition coefficient (Wildman–Crippen LogP) is 3.23. The molecule has 4 saturated carbocycles. The van der Waals surface area contributed by atoms with Crippen LogP contribution in [0.3, 0.4) is 0 Å². The first kappa shape index (κ1) is 12.8. The summed E-state index contributed by atoms with van der Waals surface area (Å²) in [6.45, 7) is 0. The van der Waals surface area contributed by atoms with Crippen LogP contribution in [0.25, 0.3) is 0 Å². The van der Waals surface area contributed by atoms with Gasteiger partial charge >= 0.3 is 5.97 Å². The summed E-state index contributed by atoms with van der Waals surface area (Å²) in [6.07, 6.45) is 12.2. The maximum Gasteiger partial charge on any atom is 0.332 e. The Kier molecular flexibility index (Phi) is 3.38. The van der Waals surface area contributed by atoms with Crippen molar-refractivity contribution in [2.24, 2.45) is 29.6 Å². The molecular weight excluding hydrogens is 240 g/mol. The number of carboxylic acid groups (broad SMARTS) is 1. The molecule has 0 radical (unpaired) electrons. The fourth-order valence-electron chi connectivity index (χ4n) is 4.78. The average molecular weight is 262 g/mol. The van der Waals surface area contributed by atoms with Crippen LogP contribution in [0.4, 0.5) is 0 Å². The third-order valence-electron chi connectivity index (χ3n) is 5.28. The molecule has 19 heavy (non-hydrogen) atoms. The minimum absolute atomic E-state index is 0.446. The molecule has 104 valence electrons. The number of methoxy groups -OCH3 is 1. The largest absolute Gasteiger partial charge is 0.497 e. The molecule has 0 saturated heterocycles. The molecule has 3 heteroatoms. The lowest BCUT2D eigenvalue weighted by Crippen LogP contribution is -2.44. The van der Waals surface area contributed by atoms with Gasteiger partial charge in [-0.2, -0.15) is 0 Å². The van der Waals surface area contributed by atoms with Crippen molar-refractivity contribution in [2.75, 3.05) is 7.11 Å². The van der Waals surface area contributed by atoms with Gasteiger partial charge in [0.25, 0.3) is 0 Å². The highest BCUT2D eigenvalue weighted by molar-refractivity contribution is 5.80. The summed E-state index contributed by atoms with van der Waals surface area (Å²) in [5.41, 5.74) is 0. The molecule has 4 fully saturated rings. The van der Waals surface area contributed by atoms with Crippen LogP contribution >= 0.6 is 0 Å². The smallest absolute Gasteiger partial charge is 0.332 e. The van der Waals surface area contributed by atoms with Gasteiger partial charge in [0, 0.05) is 0 Å². The summed E-state index contributed by atoms with van der Waals surface area (Å²) >= 11 is 0. The van der Waals surface area contributed by atoms with E-state index in [-0.39, 0.29) is 0 Å². The number of hydrogen-bond donors (Lipinski definition) is 1. The van der Waals surface area contributed by atoms with E-state index in [2.05, 4.69) is 6.08 Å². The van der Waals surface area contributed by atoms with Crippen molar-refractivity contribution in [1.82, 2.24) is 0 Å². The Labute approximate surface area is 114 Å². The van der Waals surface area contributed by atoms with E-state index in [0.29, 0.717) is 11.7 Å². The van der Waals surface area contributed by atoms with Crippen molar-refractivity contribution < 1.29 is 14.6 Å². The van der Waals surface area contributed by atoms with Crippen molar-refractivity contribution in [3.8, 4) is 0 Å². The highest BCUT2D eigenvalue weighted by atomic mass is 16.5. The molecule has 0 atom stereocenters. The van der Waals surface area contributed by atoms with Gasteiger partial charge in [-0.25, -0.2) is 4.79 Å². The fourth-order valence-corrected chi connectivity index (χ4v) is 4.78. The third-order valence-corrected chi connectivity index (χ3v) is 5.28. The number of rotatable bonds is 4. The summed E-state index contributed by atoms with van der Waals surface area (Å²) < 4.78 is 5.10. The third kappa shape index (κ3) is 2.56. The molecule has 1 N–H and O–H groups in total. The molecule has 4 aliphatic rings. The number of ether oxygens (including phenoxy) is 1. The zero-order chi connectivity index (χ0) is 13.4. The Balaban J connectivity index is 1.71. The van der Waals surface area contributed by atoms with Crippen molar-refractivity contribution in [2.45, 2.75) is 32.1 Å². The van der Waals surface area contributed by atoms with Crippen molar-refractivity contribution >= 4 is 5.97 Å². The molecule has 4 rings (SSSR count). The van der Waals surface area contributed by atoms with Crippen LogP contribution in [0.15, 0.2) is 24.0 Å². The number of carbonyl (C=O) groups is 1. The highest BCUT2D eigenvalue weighted by Crippen LogP contribution is 2.56. The summed E-state index contributed by atoms with van der Waals surface area (Å²) in [6, 6.07) is 0.